The number of fused-ring (bicyclic) bond motifs is 1. The Morgan fingerprint density at radius 2 is 1.91 bits per heavy atom. The summed E-state index contributed by atoms with van der Waals surface area (Å²) in [6.45, 7) is 4.40. The molecule has 0 radical (unpaired) electrons. The van der Waals surface area contributed by atoms with Gasteiger partial charge in [0.05, 0.1) is 5.25 Å². The van der Waals surface area contributed by atoms with E-state index in [1.165, 1.54) is 11.8 Å². The molecule has 1 atom stereocenters. The first-order valence-corrected chi connectivity index (χ1v) is 11.8. The lowest BCUT2D eigenvalue weighted by Gasteiger charge is -2.17. The maximum absolute atomic E-state index is 13.0. The third-order valence-corrected chi connectivity index (χ3v) is 7.00. The van der Waals surface area contributed by atoms with Gasteiger partial charge in [-0.1, -0.05) is 55.1 Å². The predicted molar refractivity (Wildman–Crippen MR) is 128 cm³/mol. The summed E-state index contributed by atoms with van der Waals surface area (Å²) >= 11 is 1.32. The lowest BCUT2D eigenvalue weighted by Crippen LogP contribution is -2.33. The molecule has 172 valence electrons. The second-order valence-electron chi connectivity index (χ2n) is 7.91. The Morgan fingerprint density at radius 3 is 2.67 bits per heavy atom. The smallest absolute Gasteiger partial charge is 0.257 e. The highest BCUT2D eigenvalue weighted by molar-refractivity contribution is 8.00. The second kappa shape index (κ2) is 10.1. The molecule has 0 spiro atoms. The lowest BCUT2D eigenvalue weighted by molar-refractivity contribution is -0.120. The number of rotatable bonds is 8. The Kier molecular flexibility index (Phi) is 7.03. The van der Waals surface area contributed by atoms with Gasteiger partial charge in [-0.3, -0.25) is 14.2 Å². The van der Waals surface area contributed by atoms with Crippen molar-refractivity contribution in [3.63, 3.8) is 0 Å². The van der Waals surface area contributed by atoms with Gasteiger partial charge in [-0.15, -0.1) is 0 Å². The van der Waals surface area contributed by atoms with Crippen LogP contribution in [0.1, 0.15) is 35.7 Å². The molecule has 0 aliphatic carbocycles. The number of aromatic nitrogens is 2. The van der Waals surface area contributed by atoms with Gasteiger partial charge in [0.2, 0.25) is 12.7 Å². The first kappa shape index (κ1) is 22.9. The van der Waals surface area contributed by atoms with Gasteiger partial charge in [-0.2, -0.15) is 0 Å². The third kappa shape index (κ3) is 5.22. The summed E-state index contributed by atoms with van der Waals surface area (Å²) in [5.41, 5.74) is 3.28. The maximum atomic E-state index is 13.0. The standard InChI is InChI=1S/C25H27N3O4S/c1-4-22(23(29)26-14-18-10-11-20-21(13-18)32-15-31-20)33-25-27-16(2)19(24(30)28(25)3)12-17-8-6-5-7-9-17/h5-11,13,22H,4,12,14-15H2,1-3H3,(H,26,29). The number of carbonyl (C=O) groups excluding carboxylic acids is 1. The van der Waals surface area contributed by atoms with Gasteiger partial charge in [0.15, 0.2) is 16.7 Å². The molecule has 8 heteroatoms. The molecule has 0 bridgehead atoms. The van der Waals surface area contributed by atoms with Crippen molar-refractivity contribution in [3.05, 3.63) is 81.3 Å². The Labute approximate surface area is 197 Å². The fourth-order valence-corrected chi connectivity index (χ4v) is 4.68. The van der Waals surface area contributed by atoms with Crippen LogP contribution in [0.25, 0.3) is 0 Å². The highest BCUT2D eigenvalue weighted by Gasteiger charge is 2.22. The van der Waals surface area contributed by atoms with Crippen LogP contribution in [0, 0.1) is 6.92 Å². The van der Waals surface area contributed by atoms with Gasteiger partial charge in [-0.25, -0.2) is 4.98 Å². The summed E-state index contributed by atoms with van der Waals surface area (Å²) in [6.07, 6.45) is 1.14. The molecular weight excluding hydrogens is 438 g/mol. The van der Waals surface area contributed by atoms with E-state index in [0.29, 0.717) is 47.3 Å². The maximum Gasteiger partial charge on any atom is 0.257 e. The molecule has 2 heterocycles. The van der Waals surface area contributed by atoms with Crippen molar-refractivity contribution in [1.82, 2.24) is 14.9 Å². The van der Waals surface area contributed by atoms with E-state index in [4.69, 9.17) is 9.47 Å². The van der Waals surface area contributed by atoms with E-state index in [1.54, 1.807) is 11.6 Å². The molecule has 4 rings (SSSR count). The number of thioether (sulfide) groups is 1. The number of hydrogen-bond acceptors (Lipinski definition) is 6. The largest absolute Gasteiger partial charge is 0.454 e. The zero-order valence-corrected chi connectivity index (χ0v) is 19.8. The van der Waals surface area contributed by atoms with Crippen LogP contribution in [0.5, 0.6) is 11.5 Å². The molecule has 3 aromatic rings. The van der Waals surface area contributed by atoms with Crippen molar-refractivity contribution in [2.24, 2.45) is 7.05 Å². The minimum absolute atomic E-state index is 0.0792. The molecule has 1 unspecified atom stereocenters. The first-order chi connectivity index (χ1) is 16.0. The van der Waals surface area contributed by atoms with Gasteiger partial charge in [0, 0.05) is 31.3 Å². The van der Waals surface area contributed by atoms with Crippen LogP contribution in [0.15, 0.2) is 58.5 Å². The summed E-state index contributed by atoms with van der Waals surface area (Å²) < 4.78 is 12.3. The molecule has 1 aliphatic rings. The van der Waals surface area contributed by atoms with Crippen LogP contribution >= 0.6 is 11.8 Å². The number of nitrogens with one attached hydrogen (secondary N) is 1. The topological polar surface area (TPSA) is 82.5 Å². The third-order valence-electron chi connectivity index (χ3n) is 5.59. The number of carbonyl (C=O) groups is 1. The Bertz CT molecular complexity index is 1210. The number of nitrogens with zero attached hydrogens (tertiary/aromatic N) is 2. The summed E-state index contributed by atoms with van der Waals surface area (Å²) in [4.78, 5) is 30.6. The minimum Gasteiger partial charge on any atom is -0.454 e. The quantitative estimate of drug-likeness (QED) is 0.404. The Hall–Kier alpha value is -3.26. The minimum atomic E-state index is -0.364. The summed E-state index contributed by atoms with van der Waals surface area (Å²) in [5.74, 6) is 1.30. The van der Waals surface area contributed by atoms with E-state index < -0.39 is 0 Å². The molecule has 1 amide bonds. The van der Waals surface area contributed by atoms with Crippen molar-refractivity contribution >= 4 is 17.7 Å². The van der Waals surface area contributed by atoms with Crippen LogP contribution in [-0.4, -0.2) is 27.5 Å². The lowest BCUT2D eigenvalue weighted by atomic mass is 10.1. The van der Waals surface area contributed by atoms with Crippen LogP contribution in [0.3, 0.4) is 0 Å². The number of hydrogen-bond donors (Lipinski definition) is 1. The van der Waals surface area contributed by atoms with Crippen molar-refractivity contribution in [3.8, 4) is 11.5 Å². The van der Waals surface area contributed by atoms with Crippen LogP contribution in [-0.2, 0) is 24.8 Å². The summed E-state index contributed by atoms with van der Waals surface area (Å²) in [5, 5.41) is 3.16. The van der Waals surface area contributed by atoms with E-state index in [2.05, 4.69) is 10.3 Å². The van der Waals surface area contributed by atoms with Gasteiger partial charge in [-0.05, 0) is 36.6 Å². The average molecular weight is 466 g/mol. The molecule has 0 saturated heterocycles. The molecule has 1 aromatic heterocycles. The van der Waals surface area contributed by atoms with Gasteiger partial charge in [0.1, 0.15) is 0 Å². The van der Waals surface area contributed by atoms with Gasteiger partial charge < -0.3 is 14.8 Å². The SMILES string of the molecule is CCC(Sc1nc(C)c(Cc2ccccc2)c(=O)n1C)C(=O)NCc1ccc2c(c1)OCO2. The molecule has 0 fully saturated rings. The fourth-order valence-electron chi connectivity index (χ4n) is 3.64. The van der Waals surface area contributed by atoms with Crippen LogP contribution in [0.4, 0.5) is 0 Å². The second-order valence-corrected chi connectivity index (χ2v) is 9.07. The highest BCUT2D eigenvalue weighted by atomic mass is 32.2. The molecule has 1 N–H and O–H groups in total. The number of aryl methyl sites for hydroxylation is 1. The highest BCUT2D eigenvalue weighted by Crippen LogP contribution is 2.32. The average Bonchev–Trinajstić information content (AvgIpc) is 3.30. The van der Waals surface area contributed by atoms with Crippen LogP contribution in [0.2, 0.25) is 0 Å². The normalized spacial score (nSPS) is 13.1. The fraction of sp³-hybridized carbons (Fsp3) is 0.320. The predicted octanol–water partition coefficient (Wildman–Crippen LogP) is 3.60. The van der Waals surface area contributed by atoms with E-state index in [1.807, 2.05) is 62.4 Å². The number of ether oxygens (including phenoxy) is 2. The molecule has 1 aliphatic heterocycles. The molecule has 2 aromatic carbocycles. The Morgan fingerprint density at radius 1 is 1.15 bits per heavy atom. The van der Waals surface area contributed by atoms with Crippen molar-refractivity contribution < 1.29 is 14.3 Å². The zero-order valence-electron chi connectivity index (χ0n) is 19.0. The van der Waals surface area contributed by atoms with Gasteiger partial charge in [0.25, 0.3) is 5.56 Å². The number of amides is 1. The monoisotopic (exact) mass is 465 g/mol. The summed E-state index contributed by atoms with van der Waals surface area (Å²) in [6, 6.07) is 15.5. The molecular formula is C25H27N3O4S. The first-order valence-electron chi connectivity index (χ1n) is 10.9. The van der Waals surface area contributed by atoms with Crippen molar-refractivity contribution in [2.75, 3.05) is 6.79 Å². The van der Waals surface area contributed by atoms with E-state index >= 15 is 0 Å². The van der Waals surface area contributed by atoms with Gasteiger partial charge >= 0.3 is 0 Å². The van der Waals surface area contributed by atoms with E-state index in [9.17, 15) is 9.59 Å². The van der Waals surface area contributed by atoms with Crippen molar-refractivity contribution in [2.45, 2.75) is 43.6 Å². The van der Waals surface area contributed by atoms with Crippen LogP contribution < -0.4 is 20.3 Å². The molecule has 0 saturated carbocycles. The van der Waals surface area contributed by atoms with E-state index in [0.717, 1.165) is 11.1 Å². The van der Waals surface area contributed by atoms with Crippen molar-refractivity contribution in [1.29, 1.82) is 0 Å². The summed E-state index contributed by atoms with van der Waals surface area (Å²) in [7, 11) is 1.71. The Balaban J connectivity index is 1.45. The number of benzene rings is 2. The molecule has 33 heavy (non-hydrogen) atoms. The molecule has 7 nitrogen and oxygen atoms in total. The zero-order chi connectivity index (χ0) is 23.4. The van der Waals surface area contributed by atoms with E-state index in [-0.39, 0.29) is 23.5 Å².